The summed E-state index contributed by atoms with van der Waals surface area (Å²) in [5.41, 5.74) is 2.88. The third kappa shape index (κ3) is 7.14. The standard InChI is InChI=1S/C14H11NO2.C14H12O3/c2*15-9-12-6-7-14(13(16)8-12)17-10-11-4-2-1-3-5-11/h1-8,16H,10H2;1-9,16H,10H2. The largest absolute Gasteiger partial charge is 0.504 e. The van der Waals surface area contributed by atoms with Gasteiger partial charge in [0.15, 0.2) is 23.0 Å². The van der Waals surface area contributed by atoms with Crippen molar-refractivity contribution in [2.75, 3.05) is 0 Å². The number of aromatic hydroxyl groups is 2. The predicted octanol–water partition coefficient (Wildman–Crippen LogP) is 5.63. The number of hydrogen-bond acceptors (Lipinski definition) is 6. The summed E-state index contributed by atoms with van der Waals surface area (Å²) < 4.78 is 10.9. The number of carbonyl (C=O) groups excluding carboxylic acids is 1. The van der Waals surface area contributed by atoms with Crippen molar-refractivity contribution in [1.29, 1.82) is 5.26 Å². The van der Waals surface area contributed by atoms with Crippen LogP contribution in [0.2, 0.25) is 0 Å². The minimum atomic E-state index is -0.0227. The summed E-state index contributed by atoms with van der Waals surface area (Å²) >= 11 is 0. The fourth-order valence-electron chi connectivity index (χ4n) is 2.91. The normalized spacial score (nSPS) is 9.74. The lowest BCUT2D eigenvalue weighted by molar-refractivity contribution is 0.112. The van der Waals surface area contributed by atoms with E-state index in [9.17, 15) is 15.0 Å². The Morgan fingerprint density at radius 2 is 1.21 bits per heavy atom. The van der Waals surface area contributed by atoms with Gasteiger partial charge in [-0.15, -0.1) is 0 Å². The molecule has 4 rings (SSSR count). The van der Waals surface area contributed by atoms with Crippen molar-refractivity contribution in [1.82, 2.24) is 0 Å². The van der Waals surface area contributed by atoms with Gasteiger partial charge in [-0.3, -0.25) is 4.79 Å². The predicted molar refractivity (Wildman–Crippen MR) is 128 cm³/mol. The van der Waals surface area contributed by atoms with E-state index >= 15 is 0 Å². The number of benzene rings is 4. The molecule has 0 spiro atoms. The molecule has 0 amide bonds. The van der Waals surface area contributed by atoms with Gasteiger partial charge in [-0.1, -0.05) is 60.7 Å². The average Bonchev–Trinajstić information content (AvgIpc) is 2.88. The second-order valence-corrected chi connectivity index (χ2v) is 7.19. The molecule has 0 aliphatic heterocycles. The van der Waals surface area contributed by atoms with Crippen LogP contribution in [0.25, 0.3) is 0 Å². The van der Waals surface area contributed by atoms with Crippen molar-refractivity contribution in [3.8, 4) is 29.1 Å². The number of hydrogen-bond donors (Lipinski definition) is 2. The number of nitriles is 1. The molecule has 34 heavy (non-hydrogen) atoms. The smallest absolute Gasteiger partial charge is 0.161 e. The van der Waals surface area contributed by atoms with E-state index < -0.39 is 0 Å². The van der Waals surface area contributed by atoms with Crippen molar-refractivity contribution in [3.05, 3.63) is 119 Å². The van der Waals surface area contributed by atoms with Gasteiger partial charge >= 0.3 is 0 Å². The van der Waals surface area contributed by atoms with E-state index in [-0.39, 0.29) is 11.5 Å². The van der Waals surface area contributed by atoms with E-state index in [1.54, 1.807) is 24.3 Å². The van der Waals surface area contributed by atoms with Gasteiger partial charge in [0, 0.05) is 11.6 Å². The van der Waals surface area contributed by atoms with Gasteiger partial charge in [-0.2, -0.15) is 5.26 Å². The van der Waals surface area contributed by atoms with Gasteiger partial charge < -0.3 is 19.7 Å². The summed E-state index contributed by atoms with van der Waals surface area (Å²) in [5.74, 6) is 0.720. The number of aldehydes is 1. The Bertz CT molecular complexity index is 1250. The number of nitrogens with zero attached hydrogens (tertiary/aromatic N) is 1. The lowest BCUT2D eigenvalue weighted by Gasteiger charge is -2.08. The maximum Gasteiger partial charge on any atom is 0.161 e. The maximum absolute atomic E-state index is 10.5. The summed E-state index contributed by atoms with van der Waals surface area (Å²) in [4.78, 5) is 10.5. The highest BCUT2D eigenvalue weighted by atomic mass is 16.5. The summed E-state index contributed by atoms with van der Waals surface area (Å²) in [5, 5.41) is 27.9. The van der Waals surface area contributed by atoms with Crippen LogP contribution in [-0.2, 0) is 13.2 Å². The molecule has 6 heteroatoms. The molecule has 4 aromatic rings. The fraction of sp³-hybridized carbons (Fsp3) is 0.0714. The first-order chi connectivity index (χ1) is 16.6. The summed E-state index contributed by atoms with van der Waals surface area (Å²) in [6, 6.07) is 30.5. The zero-order valence-electron chi connectivity index (χ0n) is 18.3. The summed E-state index contributed by atoms with van der Waals surface area (Å²) in [6.07, 6.45) is 0.681. The molecule has 0 bridgehead atoms. The number of phenols is 2. The molecular weight excluding hydrogens is 430 g/mol. The Balaban J connectivity index is 0.000000191. The first kappa shape index (κ1) is 23.9. The van der Waals surface area contributed by atoms with Gasteiger partial charge in [-0.25, -0.2) is 0 Å². The Hall–Kier alpha value is -4.76. The summed E-state index contributed by atoms with van der Waals surface area (Å²) in [7, 11) is 0. The average molecular weight is 453 g/mol. The number of ether oxygens (including phenoxy) is 2. The highest BCUT2D eigenvalue weighted by molar-refractivity contribution is 5.76. The molecule has 2 N–H and O–H groups in total. The summed E-state index contributed by atoms with van der Waals surface area (Å²) in [6.45, 7) is 0.773. The van der Waals surface area contributed by atoms with Crippen LogP contribution in [0.3, 0.4) is 0 Å². The molecular formula is C28H23NO5. The maximum atomic E-state index is 10.5. The van der Waals surface area contributed by atoms with Crippen molar-refractivity contribution in [2.45, 2.75) is 13.2 Å². The Morgan fingerprint density at radius 3 is 1.65 bits per heavy atom. The second-order valence-electron chi connectivity index (χ2n) is 7.19. The van der Waals surface area contributed by atoms with E-state index in [2.05, 4.69) is 0 Å². The van der Waals surface area contributed by atoms with E-state index in [0.717, 1.165) is 11.1 Å². The Labute approximate surface area is 197 Å². The molecule has 170 valence electrons. The third-order valence-corrected chi connectivity index (χ3v) is 4.68. The highest BCUT2D eigenvalue weighted by Crippen LogP contribution is 2.28. The quantitative estimate of drug-likeness (QED) is 0.352. The van der Waals surface area contributed by atoms with Crippen molar-refractivity contribution >= 4 is 6.29 Å². The van der Waals surface area contributed by atoms with Crippen LogP contribution in [0.4, 0.5) is 0 Å². The topological polar surface area (TPSA) is 99.8 Å². The number of carbonyl (C=O) groups is 1. The van der Waals surface area contributed by atoms with E-state index in [1.807, 2.05) is 66.7 Å². The van der Waals surface area contributed by atoms with Crippen molar-refractivity contribution < 1.29 is 24.5 Å². The van der Waals surface area contributed by atoms with Crippen LogP contribution in [0.15, 0.2) is 97.1 Å². The Kier molecular flexibility index (Phi) is 8.66. The minimum absolute atomic E-state index is 0.0139. The molecule has 4 aromatic carbocycles. The molecule has 0 fully saturated rings. The first-order valence-electron chi connectivity index (χ1n) is 10.4. The number of phenolic OH excluding ortho intramolecular Hbond substituents is 2. The molecule has 6 nitrogen and oxygen atoms in total. The molecule has 0 heterocycles. The van der Waals surface area contributed by atoms with Crippen LogP contribution in [0.5, 0.6) is 23.0 Å². The van der Waals surface area contributed by atoms with E-state index in [4.69, 9.17) is 14.7 Å². The monoisotopic (exact) mass is 453 g/mol. The SMILES string of the molecule is N#Cc1ccc(OCc2ccccc2)c(O)c1.O=Cc1ccc(OCc2ccccc2)c(O)c1. The minimum Gasteiger partial charge on any atom is -0.504 e. The van der Waals surface area contributed by atoms with Crippen LogP contribution in [-0.4, -0.2) is 16.5 Å². The lowest BCUT2D eigenvalue weighted by Crippen LogP contribution is -1.95. The molecule has 0 aliphatic carbocycles. The first-order valence-corrected chi connectivity index (χ1v) is 10.4. The molecule has 0 aromatic heterocycles. The fourth-order valence-corrected chi connectivity index (χ4v) is 2.91. The number of rotatable bonds is 7. The molecule has 0 saturated carbocycles. The van der Waals surface area contributed by atoms with Gasteiger partial charge in [0.05, 0.1) is 11.6 Å². The van der Waals surface area contributed by atoms with Crippen molar-refractivity contribution in [2.24, 2.45) is 0 Å². The van der Waals surface area contributed by atoms with Crippen molar-refractivity contribution in [3.63, 3.8) is 0 Å². The molecule has 0 atom stereocenters. The van der Waals surface area contributed by atoms with Crippen LogP contribution < -0.4 is 9.47 Å². The van der Waals surface area contributed by atoms with Gasteiger partial charge in [0.25, 0.3) is 0 Å². The zero-order valence-corrected chi connectivity index (χ0v) is 18.3. The van der Waals surface area contributed by atoms with Crippen LogP contribution >= 0.6 is 0 Å². The van der Waals surface area contributed by atoms with Gasteiger partial charge in [0.1, 0.15) is 19.5 Å². The third-order valence-electron chi connectivity index (χ3n) is 4.68. The molecule has 0 radical (unpaired) electrons. The van der Waals surface area contributed by atoms with Gasteiger partial charge in [-0.05, 0) is 41.5 Å². The molecule has 0 saturated heterocycles. The zero-order chi connectivity index (χ0) is 24.2. The van der Waals surface area contributed by atoms with Crippen LogP contribution in [0, 0.1) is 11.3 Å². The lowest BCUT2D eigenvalue weighted by atomic mass is 10.2. The van der Waals surface area contributed by atoms with E-state index in [1.165, 1.54) is 12.1 Å². The highest BCUT2D eigenvalue weighted by Gasteiger charge is 2.04. The van der Waals surface area contributed by atoms with Gasteiger partial charge in [0.2, 0.25) is 0 Å². The van der Waals surface area contributed by atoms with E-state index in [0.29, 0.717) is 42.1 Å². The second kappa shape index (κ2) is 12.3. The molecule has 0 unspecified atom stereocenters. The molecule has 0 aliphatic rings. The van der Waals surface area contributed by atoms with Crippen LogP contribution in [0.1, 0.15) is 27.0 Å². The Morgan fingerprint density at radius 1 is 0.706 bits per heavy atom.